The van der Waals surface area contributed by atoms with E-state index in [2.05, 4.69) is 145 Å². The molecule has 0 bridgehead atoms. The fourth-order valence-electron chi connectivity index (χ4n) is 6.05. The molecule has 1 saturated heterocycles. The van der Waals surface area contributed by atoms with Crippen LogP contribution in [0.1, 0.15) is 41.4 Å². The summed E-state index contributed by atoms with van der Waals surface area (Å²) < 4.78 is 2.25. The van der Waals surface area contributed by atoms with Crippen molar-refractivity contribution in [1.29, 1.82) is 0 Å². The number of nitrogens with zero attached hydrogens (tertiary/aromatic N) is 4. The largest absolute Gasteiger partial charge is 0.338 e. The van der Waals surface area contributed by atoms with Gasteiger partial charge in [-0.25, -0.2) is 4.98 Å². The molecule has 0 N–H and O–H groups in total. The van der Waals surface area contributed by atoms with Crippen molar-refractivity contribution in [2.75, 3.05) is 9.80 Å². The second-order valence-corrected chi connectivity index (χ2v) is 9.88. The zero-order chi connectivity index (χ0) is 24.8. The van der Waals surface area contributed by atoms with Crippen LogP contribution >= 0.6 is 0 Å². The summed E-state index contributed by atoms with van der Waals surface area (Å²) in [5, 5.41) is 0. The maximum atomic E-state index is 5.20. The summed E-state index contributed by atoms with van der Waals surface area (Å²) in [6, 6.07) is 37.2. The van der Waals surface area contributed by atoms with Crippen LogP contribution in [0.15, 0.2) is 103 Å². The van der Waals surface area contributed by atoms with E-state index >= 15 is 0 Å². The van der Waals surface area contributed by atoms with E-state index in [-0.39, 0.29) is 18.2 Å². The number of benzene rings is 4. The Kier molecular flexibility index (Phi) is 5.52. The second kappa shape index (κ2) is 8.87. The van der Waals surface area contributed by atoms with Gasteiger partial charge in [0, 0.05) is 18.3 Å². The van der Waals surface area contributed by atoms with E-state index in [9.17, 15) is 0 Å². The first-order valence-electron chi connectivity index (χ1n) is 12.7. The Morgan fingerprint density at radius 1 is 0.667 bits per heavy atom. The van der Waals surface area contributed by atoms with Gasteiger partial charge >= 0.3 is 0 Å². The topological polar surface area (TPSA) is 24.3 Å². The van der Waals surface area contributed by atoms with Crippen LogP contribution in [0.3, 0.4) is 0 Å². The third-order valence-corrected chi connectivity index (χ3v) is 7.71. The van der Waals surface area contributed by atoms with Crippen molar-refractivity contribution in [2.24, 2.45) is 7.05 Å². The number of hydrogen-bond acceptors (Lipinski definition) is 3. The molecule has 1 aliphatic heterocycles. The lowest BCUT2D eigenvalue weighted by Crippen LogP contribution is -2.35. The SMILES string of the molecule is Cc1cccc(C)c1C1N(c2ccccc2)C(c2ccccc2)[C@H](C)N1c1nc2ccccc2n1C. The van der Waals surface area contributed by atoms with E-state index in [1.54, 1.807) is 0 Å². The number of rotatable bonds is 4. The molecule has 36 heavy (non-hydrogen) atoms. The monoisotopic (exact) mass is 472 g/mol. The molecule has 1 aromatic heterocycles. The Morgan fingerprint density at radius 3 is 1.94 bits per heavy atom. The molecular weight excluding hydrogens is 440 g/mol. The normalized spacial score (nSPS) is 19.8. The van der Waals surface area contributed by atoms with Gasteiger partial charge in [0.1, 0.15) is 6.17 Å². The molecule has 0 aliphatic carbocycles. The lowest BCUT2D eigenvalue weighted by atomic mass is 9.98. The minimum Gasteiger partial charge on any atom is -0.338 e. The average Bonchev–Trinajstić information content (AvgIpc) is 3.38. The number of aromatic nitrogens is 2. The third kappa shape index (κ3) is 3.48. The van der Waals surface area contributed by atoms with Crippen molar-refractivity contribution in [3.05, 3.63) is 125 Å². The minimum absolute atomic E-state index is 0.00989. The van der Waals surface area contributed by atoms with Gasteiger partial charge in [-0.15, -0.1) is 0 Å². The molecule has 1 aliphatic rings. The summed E-state index contributed by atoms with van der Waals surface area (Å²) in [6.45, 7) is 6.82. The van der Waals surface area contributed by atoms with Crippen LogP contribution in [0.25, 0.3) is 11.0 Å². The molecule has 5 aromatic rings. The van der Waals surface area contributed by atoms with E-state index in [0.29, 0.717) is 0 Å². The standard InChI is InChI=1S/C32H32N4/c1-22-14-13-15-23(2)29(22)31-35(32-33-27-20-11-12-21-28(27)34(32)4)24(3)30(25-16-7-5-8-17-25)36(31)26-18-9-6-10-19-26/h5-21,24,30-31H,1-4H3/t24-,30?,31?/m0/s1. The van der Waals surface area contributed by atoms with Gasteiger partial charge in [-0.3, -0.25) is 0 Å². The minimum atomic E-state index is -0.00989. The molecule has 4 nitrogen and oxygen atoms in total. The number of aryl methyl sites for hydroxylation is 3. The Hall–Kier alpha value is -4.05. The summed E-state index contributed by atoms with van der Waals surface area (Å²) in [4.78, 5) is 10.3. The predicted octanol–water partition coefficient (Wildman–Crippen LogP) is 7.35. The first-order valence-corrected chi connectivity index (χ1v) is 12.7. The number of hydrogen-bond donors (Lipinski definition) is 0. The molecule has 3 atom stereocenters. The fraction of sp³-hybridized carbons (Fsp3) is 0.219. The average molecular weight is 473 g/mol. The lowest BCUT2D eigenvalue weighted by molar-refractivity contribution is 0.619. The van der Waals surface area contributed by atoms with Crippen LogP contribution in [0.4, 0.5) is 11.6 Å². The van der Waals surface area contributed by atoms with Gasteiger partial charge in [0.25, 0.3) is 0 Å². The number of para-hydroxylation sites is 3. The van der Waals surface area contributed by atoms with Gasteiger partial charge < -0.3 is 14.4 Å². The summed E-state index contributed by atoms with van der Waals surface area (Å²) in [5.74, 6) is 0.996. The first-order chi connectivity index (χ1) is 17.6. The highest BCUT2D eigenvalue weighted by Gasteiger charge is 2.48. The Labute approximate surface area is 213 Å². The lowest BCUT2D eigenvalue weighted by Gasteiger charge is -2.36. The van der Waals surface area contributed by atoms with E-state index < -0.39 is 0 Å². The zero-order valence-electron chi connectivity index (χ0n) is 21.3. The van der Waals surface area contributed by atoms with E-state index in [1.807, 2.05) is 0 Å². The predicted molar refractivity (Wildman–Crippen MR) is 149 cm³/mol. The third-order valence-electron chi connectivity index (χ3n) is 7.71. The Bertz CT molecular complexity index is 1490. The van der Waals surface area contributed by atoms with Crippen LogP contribution < -0.4 is 9.80 Å². The first kappa shape index (κ1) is 22.4. The second-order valence-electron chi connectivity index (χ2n) is 9.88. The molecule has 1 fully saturated rings. The van der Waals surface area contributed by atoms with Gasteiger partial charge in [-0.1, -0.05) is 78.9 Å². The molecule has 4 heteroatoms. The molecule has 0 radical (unpaired) electrons. The van der Waals surface area contributed by atoms with Gasteiger partial charge in [0.15, 0.2) is 0 Å². The van der Waals surface area contributed by atoms with Gasteiger partial charge in [0.2, 0.25) is 5.95 Å². The molecule has 0 saturated carbocycles. The molecule has 0 spiro atoms. The summed E-state index contributed by atoms with van der Waals surface area (Å²) in [5.41, 5.74) is 8.64. The van der Waals surface area contributed by atoms with Crippen molar-refractivity contribution in [1.82, 2.24) is 9.55 Å². The molecule has 6 rings (SSSR count). The van der Waals surface area contributed by atoms with Crippen LogP contribution in [0, 0.1) is 13.8 Å². The highest BCUT2D eigenvalue weighted by molar-refractivity contribution is 5.79. The summed E-state index contributed by atoms with van der Waals surface area (Å²) >= 11 is 0. The number of fused-ring (bicyclic) bond motifs is 1. The van der Waals surface area contributed by atoms with Crippen LogP contribution in [0.5, 0.6) is 0 Å². The Balaban J connectivity index is 1.65. The van der Waals surface area contributed by atoms with Crippen molar-refractivity contribution in [3.63, 3.8) is 0 Å². The summed E-state index contributed by atoms with van der Waals surface area (Å²) in [7, 11) is 2.14. The van der Waals surface area contributed by atoms with Crippen molar-refractivity contribution in [2.45, 2.75) is 39.0 Å². The molecular formula is C32H32N4. The van der Waals surface area contributed by atoms with Crippen molar-refractivity contribution in [3.8, 4) is 0 Å². The summed E-state index contributed by atoms with van der Waals surface area (Å²) in [6.07, 6.45) is -0.00989. The molecule has 0 amide bonds. The highest BCUT2D eigenvalue weighted by atomic mass is 15.5. The van der Waals surface area contributed by atoms with Gasteiger partial charge in [0.05, 0.1) is 23.1 Å². The van der Waals surface area contributed by atoms with Gasteiger partial charge in [-0.05, 0) is 61.7 Å². The number of imidazole rings is 1. The zero-order valence-corrected chi connectivity index (χ0v) is 21.3. The van der Waals surface area contributed by atoms with Crippen molar-refractivity contribution >= 4 is 22.7 Å². The molecule has 2 heterocycles. The van der Waals surface area contributed by atoms with Crippen LogP contribution in [-0.2, 0) is 7.05 Å². The number of anilines is 2. The smallest absolute Gasteiger partial charge is 0.208 e. The molecule has 4 aromatic carbocycles. The van der Waals surface area contributed by atoms with E-state index in [1.165, 1.54) is 27.9 Å². The van der Waals surface area contributed by atoms with Crippen LogP contribution in [-0.4, -0.2) is 15.6 Å². The van der Waals surface area contributed by atoms with E-state index in [4.69, 9.17) is 4.98 Å². The molecule has 180 valence electrons. The maximum absolute atomic E-state index is 5.20. The maximum Gasteiger partial charge on any atom is 0.208 e. The van der Waals surface area contributed by atoms with Crippen molar-refractivity contribution < 1.29 is 0 Å². The van der Waals surface area contributed by atoms with Crippen LogP contribution in [0.2, 0.25) is 0 Å². The highest BCUT2D eigenvalue weighted by Crippen LogP contribution is 2.50. The Morgan fingerprint density at radius 2 is 1.28 bits per heavy atom. The molecule has 2 unspecified atom stereocenters. The fourth-order valence-corrected chi connectivity index (χ4v) is 6.05. The van der Waals surface area contributed by atoms with Gasteiger partial charge in [-0.2, -0.15) is 0 Å². The van der Waals surface area contributed by atoms with E-state index in [0.717, 1.165) is 17.0 Å². The quantitative estimate of drug-likeness (QED) is 0.273.